The number of carbonyl (C=O) groups is 3. The molecule has 0 atom stereocenters. The second-order valence-electron chi connectivity index (χ2n) is 5.85. The molecule has 2 aromatic carbocycles. The number of benzene rings is 2. The maximum Gasteiger partial charge on any atom is 0.325 e. The van der Waals surface area contributed by atoms with Crippen LogP contribution < -0.4 is 10.1 Å². The van der Waals surface area contributed by atoms with Crippen LogP contribution in [0.5, 0.6) is 11.5 Å². The van der Waals surface area contributed by atoms with Crippen molar-refractivity contribution in [1.82, 2.24) is 10.2 Å². The van der Waals surface area contributed by atoms with Gasteiger partial charge in [-0.15, -0.1) is 0 Å². The second kappa shape index (κ2) is 10.7. The number of nitrogens with zero attached hydrogens (tertiary/aromatic N) is 1. The second-order valence-corrected chi connectivity index (χ2v) is 5.85. The van der Waals surface area contributed by atoms with Gasteiger partial charge in [-0.2, -0.15) is 0 Å². The van der Waals surface area contributed by atoms with Crippen LogP contribution in [0.2, 0.25) is 0 Å². The van der Waals surface area contributed by atoms with E-state index in [1.54, 1.807) is 29.2 Å². The third-order valence-electron chi connectivity index (χ3n) is 3.96. The first-order valence-electron chi connectivity index (χ1n) is 9.08. The molecule has 0 aliphatic carbocycles. The quantitative estimate of drug-likeness (QED) is 0.672. The Morgan fingerprint density at radius 3 is 2.11 bits per heavy atom. The molecule has 2 rings (SSSR count). The van der Waals surface area contributed by atoms with Crippen LogP contribution in [0.15, 0.2) is 54.6 Å². The summed E-state index contributed by atoms with van der Waals surface area (Å²) >= 11 is 0. The minimum Gasteiger partial charge on any atom is -0.457 e. The van der Waals surface area contributed by atoms with Crippen LogP contribution in [0.3, 0.4) is 0 Å². The Bertz CT molecular complexity index is 786. The van der Waals surface area contributed by atoms with Crippen molar-refractivity contribution in [2.24, 2.45) is 0 Å². The SMILES string of the molecule is CCN(CC)C(=O)COC(=O)CNC(=O)c1ccc(Oc2ccccc2)cc1. The Labute approximate surface area is 164 Å². The van der Waals surface area contributed by atoms with Gasteiger partial charge in [-0.05, 0) is 50.2 Å². The maximum absolute atomic E-state index is 12.1. The lowest BCUT2D eigenvalue weighted by atomic mass is 10.2. The molecule has 0 aromatic heterocycles. The molecule has 7 nitrogen and oxygen atoms in total. The highest BCUT2D eigenvalue weighted by molar-refractivity contribution is 5.96. The summed E-state index contributed by atoms with van der Waals surface area (Å²) in [6.07, 6.45) is 0. The minimum atomic E-state index is -0.669. The first-order valence-corrected chi connectivity index (χ1v) is 9.08. The lowest BCUT2D eigenvalue weighted by Crippen LogP contribution is -2.36. The summed E-state index contributed by atoms with van der Waals surface area (Å²) in [5, 5.41) is 2.47. The van der Waals surface area contributed by atoms with Crippen molar-refractivity contribution in [3.8, 4) is 11.5 Å². The smallest absolute Gasteiger partial charge is 0.325 e. The monoisotopic (exact) mass is 384 g/mol. The molecular weight excluding hydrogens is 360 g/mol. The number of nitrogens with one attached hydrogen (secondary N) is 1. The van der Waals surface area contributed by atoms with Gasteiger partial charge in [0.2, 0.25) is 0 Å². The topological polar surface area (TPSA) is 84.9 Å². The molecule has 2 amide bonds. The average Bonchev–Trinajstić information content (AvgIpc) is 2.72. The van der Waals surface area contributed by atoms with Crippen LogP contribution in [-0.2, 0) is 14.3 Å². The van der Waals surface area contributed by atoms with Crippen molar-refractivity contribution in [3.05, 3.63) is 60.2 Å². The summed E-state index contributed by atoms with van der Waals surface area (Å²) in [7, 11) is 0. The molecule has 1 N–H and O–H groups in total. The van der Waals surface area contributed by atoms with Gasteiger partial charge in [0, 0.05) is 18.7 Å². The summed E-state index contributed by atoms with van der Waals surface area (Å²) in [5.74, 6) is -0.0615. The van der Waals surface area contributed by atoms with E-state index in [4.69, 9.17) is 9.47 Å². The third-order valence-corrected chi connectivity index (χ3v) is 3.96. The molecule has 0 radical (unpaired) electrons. The highest BCUT2D eigenvalue weighted by atomic mass is 16.5. The Balaban J connectivity index is 1.78. The summed E-state index contributed by atoms with van der Waals surface area (Å²) in [5.41, 5.74) is 0.382. The molecule has 0 saturated carbocycles. The fourth-order valence-electron chi connectivity index (χ4n) is 2.41. The summed E-state index contributed by atoms with van der Waals surface area (Å²) in [6, 6.07) is 15.8. The van der Waals surface area contributed by atoms with Crippen molar-refractivity contribution in [2.75, 3.05) is 26.2 Å². The fraction of sp³-hybridized carbons (Fsp3) is 0.286. The van der Waals surface area contributed by atoms with Crippen LogP contribution in [0.4, 0.5) is 0 Å². The predicted octanol–water partition coefficient (Wildman–Crippen LogP) is 2.62. The fourth-order valence-corrected chi connectivity index (χ4v) is 2.41. The zero-order valence-corrected chi connectivity index (χ0v) is 16.0. The van der Waals surface area contributed by atoms with Crippen LogP contribution in [-0.4, -0.2) is 48.9 Å². The Kier molecular flexibility index (Phi) is 8.02. The molecule has 0 fully saturated rings. The largest absolute Gasteiger partial charge is 0.457 e. The number of carbonyl (C=O) groups excluding carboxylic acids is 3. The van der Waals surface area contributed by atoms with E-state index in [-0.39, 0.29) is 19.1 Å². The molecule has 0 unspecified atom stereocenters. The van der Waals surface area contributed by atoms with Gasteiger partial charge < -0.3 is 19.7 Å². The Hall–Kier alpha value is -3.35. The van der Waals surface area contributed by atoms with E-state index >= 15 is 0 Å². The van der Waals surface area contributed by atoms with Gasteiger partial charge in [0.15, 0.2) is 6.61 Å². The van der Waals surface area contributed by atoms with Crippen molar-refractivity contribution < 1.29 is 23.9 Å². The molecular formula is C21H24N2O5. The Morgan fingerprint density at radius 1 is 0.893 bits per heavy atom. The number of likely N-dealkylation sites (N-methyl/N-ethyl adjacent to an activating group) is 1. The summed E-state index contributed by atoms with van der Waals surface area (Å²) < 4.78 is 10.6. The first kappa shape index (κ1) is 21.0. The van der Waals surface area contributed by atoms with Crippen molar-refractivity contribution in [1.29, 1.82) is 0 Å². The number of esters is 1. The molecule has 7 heteroatoms. The van der Waals surface area contributed by atoms with E-state index in [2.05, 4.69) is 5.32 Å². The lowest BCUT2D eigenvalue weighted by molar-refractivity contribution is -0.151. The highest BCUT2D eigenvalue weighted by Crippen LogP contribution is 2.21. The average molecular weight is 384 g/mol. The van der Waals surface area contributed by atoms with E-state index in [9.17, 15) is 14.4 Å². The normalized spacial score (nSPS) is 10.1. The van der Waals surface area contributed by atoms with Gasteiger partial charge in [0.05, 0.1) is 0 Å². The van der Waals surface area contributed by atoms with Gasteiger partial charge in [-0.3, -0.25) is 14.4 Å². The minimum absolute atomic E-state index is 0.265. The van der Waals surface area contributed by atoms with Crippen molar-refractivity contribution in [2.45, 2.75) is 13.8 Å². The summed E-state index contributed by atoms with van der Waals surface area (Å²) in [4.78, 5) is 37.2. The van der Waals surface area contributed by atoms with Gasteiger partial charge in [0.1, 0.15) is 18.0 Å². The standard InChI is InChI=1S/C21H24N2O5/c1-3-23(4-2)19(24)15-27-20(25)14-22-21(26)16-10-12-18(13-11-16)28-17-8-6-5-7-9-17/h5-13H,3-4,14-15H2,1-2H3,(H,22,26). The molecule has 148 valence electrons. The zero-order chi connectivity index (χ0) is 20.4. The molecule has 0 aliphatic rings. The molecule has 0 bridgehead atoms. The number of hydrogen-bond acceptors (Lipinski definition) is 5. The van der Waals surface area contributed by atoms with E-state index in [1.807, 2.05) is 44.2 Å². The third kappa shape index (κ3) is 6.42. The van der Waals surface area contributed by atoms with E-state index in [1.165, 1.54) is 0 Å². The van der Waals surface area contributed by atoms with Crippen molar-refractivity contribution >= 4 is 17.8 Å². The Morgan fingerprint density at radius 2 is 1.50 bits per heavy atom. The molecule has 0 saturated heterocycles. The van der Waals surface area contributed by atoms with Crippen LogP contribution >= 0.6 is 0 Å². The molecule has 2 aromatic rings. The van der Waals surface area contributed by atoms with Gasteiger partial charge in [0.25, 0.3) is 11.8 Å². The number of amides is 2. The van der Waals surface area contributed by atoms with E-state index in [0.717, 1.165) is 0 Å². The first-order chi connectivity index (χ1) is 13.5. The van der Waals surface area contributed by atoms with Crippen LogP contribution in [0.1, 0.15) is 24.2 Å². The van der Waals surface area contributed by atoms with E-state index in [0.29, 0.717) is 30.2 Å². The van der Waals surface area contributed by atoms with E-state index < -0.39 is 11.9 Å². The van der Waals surface area contributed by atoms with Gasteiger partial charge in [-0.25, -0.2) is 0 Å². The molecule has 0 aliphatic heterocycles. The highest BCUT2D eigenvalue weighted by Gasteiger charge is 2.14. The lowest BCUT2D eigenvalue weighted by Gasteiger charge is -2.18. The predicted molar refractivity (Wildman–Crippen MR) is 104 cm³/mol. The number of para-hydroxylation sites is 1. The van der Waals surface area contributed by atoms with Gasteiger partial charge >= 0.3 is 5.97 Å². The number of ether oxygens (including phenoxy) is 2. The number of rotatable bonds is 9. The van der Waals surface area contributed by atoms with Crippen LogP contribution in [0.25, 0.3) is 0 Å². The molecule has 28 heavy (non-hydrogen) atoms. The van der Waals surface area contributed by atoms with Gasteiger partial charge in [-0.1, -0.05) is 18.2 Å². The molecule has 0 spiro atoms. The zero-order valence-electron chi connectivity index (χ0n) is 16.0. The summed E-state index contributed by atoms with van der Waals surface area (Å²) in [6.45, 7) is 4.15. The molecule has 0 heterocycles. The van der Waals surface area contributed by atoms with Crippen LogP contribution in [0, 0.1) is 0 Å². The number of hydrogen-bond donors (Lipinski definition) is 1. The van der Waals surface area contributed by atoms with Crippen molar-refractivity contribution in [3.63, 3.8) is 0 Å². The maximum atomic E-state index is 12.1.